The van der Waals surface area contributed by atoms with Crippen LogP contribution in [0.25, 0.3) is 11.0 Å². The number of rotatable bonds is 4. The van der Waals surface area contributed by atoms with Gasteiger partial charge >= 0.3 is 0 Å². The van der Waals surface area contributed by atoms with Crippen molar-refractivity contribution in [2.24, 2.45) is 0 Å². The maximum atomic E-state index is 12.8. The molecule has 2 heterocycles. The minimum Gasteiger partial charge on any atom is -0.497 e. The lowest BCUT2D eigenvalue weighted by Crippen LogP contribution is -2.48. The van der Waals surface area contributed by atoms with Crippen LogP contribution in [0.5, 0.6) is 5.75 Å². The topological polar surface area (TPSA) is 63.0 Å². The molecule has 1 aliphatic rings. The van der Waals surface area contributed by atoms with E-state index in [1.807, 2.05) is 24.3 Å². The van der Waals surface area contributed by atoms with E-state index >= 15 is 0 Å². The Morgan fingerprint density at radius 2 is 1.79 bits per heavy atom. The number of hydrogen-bond acceptors (Lipinski definition) is 5. The van der Waals surface area contributed by atoms with Gasteiger partial charge in [-0.05, 0) is 35.9 Å². The number of fused-ring (bicyclic) bond motifs is 1. The van der Waals surface area contributed by atoms with Crippen molar-refractivity contribution in [2.45, 2.75) is 6.54 Å². The summed E-state index contributed by atoms with van der Waals surface area (Å²) in [5, 5.41) is 0.829. The monoisotopic (exact) mass is 412 g/mol. The third-order valence-electron chi connectivity index (χ3n) is 5.12. The molecule has 0 N–H and O–H groups in total. The van der Waals surface area contributed by atoms with Gasteiger partial charge in [0.1, 0.15) is 11.3 Å². The first-order valence-corrected chi connectivity index (χ1v) is 9.79. The molecule has 1 fully saturated rings. The number of hydrogen-bond donors (Lipinski definition) is 0. The van der Waals surface area contributed by atoms with Crippen LogP contribution in [0.2, 0.25) is 5.02 Å². The summed E-state index contributed by atoms with van der Waals surface area (Å²) in [7, 11) is 1.65. The van der Waals surface area contributed by atoms with Crippen molar-refractivity contribution >= 4 is 28.5 Å². The Hall–Kier alpha value is -2.83. The van der Waals surface area contributed by atoms with Gasteiger partial charge in [0.2, 0.25) is 0 Å². The second-order valence-corrected chi connectivity index (χ2v) is 7.47. The molecule has 0 radical (unpaired) electrons. The summed E-state index contributed by atoms with van der Waals surface area (Å²) in [4.78, 5) is 29.2. The van der Waals surface area contributed by atoms with Gasteiger partial charge in [-0.2, -0.15) is 0 Å². The SMILES string of the molecule is COc1ccc(CN2CCN(C(=O)c3cc(=O)c4cc(Cl)ccc4o3)CC2)cc1. The smallest absolute Gasteiger partial charge is 0.289 e. The predicted octanol–water partition coefficient (Wildman–Crippen LogP) is 3.41. The lowest BCUT2D eigenvalue weighted by Gasteiger charge is -2.34. The summed E-state index contributed by atoms with van der Waals surface area (Å²) >= 11 is 5.93. The molecule has 0 spiro atoms. The minimum atomic E-state index is -0.268. The zero-order chi connectivity index (χ0) is 20.4. The Balaban J connectivity index is 1.41. The average molecular weight is 413 g/mol. The average Bonchev–Trinajstić information content (AvgIpc) is 2.75. The molecule has 3 aromatic rings. The number of halogens is 1. The van der Waals surface area contributed by atoms with E-state index < -0.39 is 0 Å². The van der Waals surface area contributed by atoms with Gasteiger partial charge in [-0.3, -0.25) is 14.5 Å². The number of nitrogens with zero attached hydrogens (tertiary/aromatic N) is 2. The summed E-state index contributed by atoms with van der Waals surface area (Å²) in [6, 6.07) is 14.0. The normalized spacial score (nSPS) is 14.9. The quantitative estimate of drug-likeness (QED) is 0.657. The van der Waals surface area contributed by atoms with Crippen LogP contribution in [0, 0.1) is 0 Å². The second-order valence-electron chi connectivity index (χ2n) is 7.03. The summed E-state index contributed by atoms with van der Waals surface area (Å²) < 4.78 is 10.9. The van der Waals surface area contributed by atoms with Crippen LogP contribution in [0.4, 0.5) is 0 Å². The Labute approximate surface area is 173 Å². The molecule has 29 heavy (non-hydrogen) atoms. The lowest BCUT2D eigenvalue weighted by molar-refractivity contribution is 0.0598. The van der Waals surface area contributed by atoms with Gasteiger partial charge in [0, 0.05) is 43.8 Å². The molecule has 0 unspecified atom stereocenters. The lowest BCUT2D eigenvalue weighted by atomic mass is 10.2. The van der Waals surface area contributed by atoms with E-state index in [9.17, 15) is 9.59 Å². The van der Waals surface area contributed by atoms with E-state index in [2.05, 4.69) is 4.90 Å². The number of benzene rings is 2. The highest BCUT2D eigenvalue weighted by Crippen LogP contribution is 2.19. The number of carbonyl (C=O) groups excluding carboxylic acids is 1. The fraction of sp³-hybridized carbons (Fsp3) is 0.273. The molecule has 0 atom stereocenters. The highest BCUT2D eigenvalue weighted by molar-refractivity contribution is 6.31. The Morgan fingerprint density at radius 3 is 2.48 bits per heavy atom. The van der Waals surface area contributed by atoms with Gasteiger partial charge in [0.05, 0.1) is 12.5 Å². The molecule has 0 aliphatic carbocycles. The first-order chi connectivity index (χ1) is 14.0. The van der Waals surface area contributed by atoms with Crippen LogP contribution in [0.1, 0.15) is 16.1 Å². The summed E-state index contributed by atoms with van der Waals surface area (Å²) in [5.41, 5.74) is 1.29. The van der Waals surface area contributed by atoms with Crippen LogP contribution in [0.15, 0.2) is 57.7 Å². The van der Waals surface area contributed by atoms with Gasteiger partial charge < -0.3 is 14.1 Å². The van der Waals surface area contributed by atoms with E-state index in [0.717, 1.165) is 25.4 Å². The molecule has 7 heteroatoms. The third-order valence-corrected chi connectivity index (χ3v) is 5.36. The van der Waals surface area contributed by atoms with E-state index in [1.54, 1.807) is 30.2 Å². The molecule has 1 aliphatic heterocycles. The van der Waals surface area contributed by atoms with Crippen molar-refractivity contribution in [3.63, 3.8) is 0 Å². The standard InChI is InChI=1S/C22H21ClN2O4/c1-28-17-5-2-15(3-6-17)14-24-8-10-25(11-9-24)22(27)21-13-19(26)18-12-16(23)4-7-20(18)29-21/h2-7,12-13H,8-11,14H2,1H3. The summed E-state index contributed by atoms with van der Waals surface area (Å²) in [5.74, 6) is 0.639. The molecule has 1 saturated heterocycles. The number of carbonyl (C=O) groups is 1. The van der Waals surface area contributed by atoms with Crippen LogP contribution in [0.3, 0.4) is 0 Å². The van der Waals surface area contributed by atoms with Crippen molar-refractivity contribution in [3.05, 3.63) is 75.1 Å². The molecule has 6 nitrogen and oxygen atoms in total. The van der Waals surface area contributed by atoms with Gasteiger partial charge in [0.25, 0.3) is 5.91 Å². The third kappa shape index (κ3) is 4.28. The number of piperazine rings is 1. The van der Waals surface area contributed by atoms with Gasteiger partial charge in [-0.15, -0.1) is 0 Å². The maximum absolute atomic E-state index is 12.8. The van der Waals surface area contributed by atoms with E-state index in [1.165, 1.54) is 11.6 Å². The fourth-order valence-electron chi connectivity index (χ4n) is 3.49. The molecule has 150 valence electrons. The molecule has 0 bridgehead atoms. The van der Waals surface area contributed by atoms with Crippen molar-refractivity contribution in [1.82, 2.24) is 9.80 Å². The first kappa shape index (κ1) is 19.5. The molecule has 1 aromatic heterocycles. The van der Waals surface area contributed by atoms with E-state index in [0.29, 0.717) is 29.1 Å². The Bertz CT molecular complexity index is 1090. The Kier molecular flexibility index (Phi) is 5.56. The number of amides is 1. The van der Waals surface area contributed by atoms with E-state index in [4.69, 9.17) is 20.8 Å². The van der Waals surface area contributed by atoms with Crippen molar-refractivity contribution in [3.8, 4) is 5.75 Å². The summed E-state index contributed by atoms with van der Waals surface area (Å²) in [6.07, 6.45) is 0. The largest absolute Gasteiger partial charge is 0.497 e. The van der Waals surface area contributed by atoms with Crippen molar-refractivity contribution in [1.29, 1.82) is 0 Å². The molecule has 4 rings (SSSR count). The van der Waals surface area contributed by atoms with Crippen molar-refractivity contribution in [2.75, 3.05) is 33.3 Å². The van der Waals surface area contributed by atoms with Crippen LogP contribution in [-0.2, 0) is 6.54 Å². The van der Waals surface area contributed by atoms with E-state index in [-0.39, 0.29) is 17.1 Å². The van der Waals surface area contributed by atoms with Crippen LogP contribution >= 0.6 is 11.6 Å². The van der Waals surface area contributed by atoms with Crippen LogP contribution in [-0.4, -0.2) is 49.0 Å². The second kappa shape index (κ2) is 8.27. The van der Waals surface area contributed by atoms with Gasteiger partial charge in [-0.1, -0.05) is 23.7 Å². The fourth-order valence-corrected chi connectivity index (χ4v) is 3.66. The van der Waals surface area contributed by atoms with Crippen molar-refractivity contribution < 1.29 is 13.9 Å². The van der Waals surface area contributed by atoms with Gasteiger partial charge in [0.15, 0.2) is 11.2 Å². The van der Waals surface area contributed by atoms with Gasteiger partial charge in [-0.25, -0.2) is 0 Å². The first-order valence-electron chi connectivity index (χ1n) is 9.41. The molecular formula is C22H21ClN2O4. The number of methoxy groups -OCH3 is 1. The predicted molar refractivity (Wildman–Crippen MR) is 112 cm³/mol. The minimum absolute atomic E-state index is 0.0634. The Morgan fingerprint density at radius 1 is 1.07 bits per heavy atom. The zero-order valence-electron chi connectivity index (χ0n) is 16.1. The molecule has 0 saturated carbocycles. The molecule has 1 amide bonds. The maximum Gasteiger partial charge on any atom is 0.289 e. The summed E-state index contributed by atoms with van der Waals surface area (Å²) in [6.45, 7) is 3.49. The highest BCUT2D eigenvalue weighted by Gasteiger charge is 2.24. The molecular weight excluding hydrogens is 392 g/mol. The zero-order valence-corrected chi connectivity index (χ0v) is 16.8. The highest BCUT2D eigenvalue weighted by atomic mass is 35.5. The molecule has 2 aromatic carbocycles. The van der Waals surface area contributed by atoms with Crippen LogP contribution < -0.4 is 10.2 Å². The number of ether oxygens (including phenoxy) is 1.